The number of hydrogen-bond donors (Lipinski definition) is 0. The van der Waals surface area contributed by atoms with Crippen LogP contribution in [0.3, 0.4) is 0 Å². The predicted molar refractivity (Wildman–Crippen MR) is 166 cm³/mol. The van der Waals surface area contributed by atoms with Crippen LogP contribution in [0.5, 0.6) is 5.75 Å². The largest absolute Gasteiger partial charge is 0.496 e. The minimum Gasteiger partial charge on any atom is -0.496 e. The molecule has 0 aromatic heterocycles. The number of carbonyl (C=O) groups is 1. The van der Waals surface area contributed by atoms with Gasteiger partial charge in [0.05, 0.1) is 25.2 Å². The quantitative estimate of drug-likeness (QED) is 0.133. The molecular formula is C34H52O4Si. The van der Waals surface area contributed by atoms with Gasteiger partial charge in [-0.15, -0.1) is 6.58 Å². The molecule has 0 N–H and O–H groups in total. The van der Waals surface area contributed by atoms with Gasteiger partial charge in [-0.3, -0.25) is 4.79 Å². The minimum absolute atomic E-state index is 0.0680. The van der Waals surface area contributed by atoms with Crippen molar-refractivity contribution in [1.29, 1.82) is 0 Å². The first-order chi connectivity index (χ1) is 18.3. The fourth-order valence-corrected chi connectivity index (χ4v) is 11.4. The Morgan fingerprint density at radius 2 is 1.54 bits per heavy atom. The molecule has 0 aliphatic rings. The number of esters is 1. The summed E-state index contributed by atoms with van der Waals surface area (Å²) in [6.07, 6.45) is 3.12. The van der Waals surface area contributed by atoms with Crippen LogP contribution in [0, 0.1) is 11.3 Å². The van der Waals surface area contributed by atoms with E-state index in [0.29, 0.717) is 23.0 Å². The number of methoxy groups -OCH3 is 1. The van der Waals surface area contributed by atoms with Crippen LogP contribution >= 0.6 is 0 Å². The highest BCUT2D eigenvalue weighted by Crippen LogP contribution is 2.47. The third-order valence-electron chi connectivity index (χ3n) is 7.85. The summed E-state index contributed by atoms with van der Waals surface area (Å²) in [6.45, 7) is 23.8. The van der Waals surface area contributed by atoms with Crippen LogP contribution in [0.2, 0.25) is 16.6 Å². The van der Waals surface area contributed by atoms with Gasteiger partial charge in [0, 0.05) is 12.3 Å². The van der Waals surface area contributed by atoms with Crippen molar-refractivity contribution in [3.8, 4) is 5.75 Å². The second kappa shape index (κ2) is 14.3. The summed E-state index contributed by atoms with van der Waals surface area (Å²) in [7, 11) is -0.548. The third-order valence-corrected chi connectivity index (χ3v) is 13.9. The number of allylic oxidation sites excluding steroid dienone is 1. The molecule has 0 fully saturated rings. The van der Waals surface area contributed by atoms with Gasteiger partial charge in [-0.2, -0.15) is 0 Å². The van der Waals surface area contributed by atoms with E-state index in [4.69, 9.17) is 13.9 Å². The zero-order valence-electron chi connectivity index (χ0n) is 26.0. The molecule has 0 heterocycles. The van der Waals surface area contributed by atoms with Crippen molar-refractivity contribution in [3.05, 3.63) is 77.9 Å². The van der Waals surface area contributed by atoms with Gasteiger partial charge in [0.1, 0.15) is 5.75 Å². The lowest BCUT2D eigenvalue weighted by atomic mass is 9.91. The van der Waals surface area contributed by atoms with Gasteiger partial charge in [-0.1, -0.05) is 90.1 Å². The monoisotopic (exact) mass is 552 g/mol. The average molecular weight is 553 g/mol. The van der Waals surface area contributed by atoms with E-state index >= 15 is 0 Å². The Balaban J connectivity index is 2.61. The Labute approximate surface area is 239 Å². The van der Waals surface area contributed by atoms with Gasteiger partial charge < -0.3 is 13.9 Å². The Kier molecular flexibility index (Phi) is 12.1. The van der Waals surface area contributed by atoms with Crippen molar-refractivity contribution in [3.63, 3.8) is 0 Å². The average Bonchev–Trinajstić information content (AvgIpc) is 2.87. The maximum Gasteiger partial charge on any atom is 0.311 e. The molecule has 39 heavy (non-hydrogen) atoms. The van der Waals surface area contributed by atoms with Crippen LogP contribution < -0.4 is 4.74 Å². The number of rotatable bonds is 14. The lowest BCUT2D eigenvalue weighted by molar-refractivity contribution is -0.155. The first kappa shape index (κ1) is 32.8. The molecule has 0 radical (unpaired) electrons. The van der Waals surface area contributed by atoms with Crippen molar-refractivity contribution in [1.82, 2.24) is 0 Å². The summed E-state index contributed by atoms with van der Waals surface area (Å²) in [5.74, 6) is 0.577. The van der Waals surface area contributed by atoms with E-state index in [1.165, 1.54) is 5.56 Å². The first-order valence-corrected chi connectivity index (χ1v) is 16.6. The summed E-state index contributed by atoms with van der Waals surface area (Å²) in [5.41, 5.74) is 4.11. The van der Waals surface area contributed by atoms with E-state index in [0.717, 1.165) is 23.3 Å². The van der Waals surface area contributed by atoms with Gasteiger partial charge in [-0.25, -0.2) is 0 Å². The molecule has 0 aliphatic heterocycles. The molecule has 5 heteroatoms. The second-order valence-electron chi connectivity index (χ2n) is 12.7. The third kappa shape index (κ3) is 8.31. The topological polar surface area (TPSA) is 44.8 Å². The standard InChI is InChI=1S/C34H52O4Si/c1-12-16-30(23-37-33(35)34(8,9)10)32(38-39(24(2)3,25(4)5)26(6)7)29-20-19-28(31(22-29)36-11)21-27-17-14-13-15-18-27/h12-15,17-20,22,24-26,30,32H,1,16,21,23H2,2-11H3/t30-,32+/m0/s1. The van der Waals surface area contributed by atoms with Crippen molar-refractivity contribution in [2.24, 2.45) is 11.3 Å². The summed E-state index contributed by atoms with van der Waals surface area (Å²) in [4.78, 5) is 12.8. The molecule has 0 amide bonds. The van der Waals surface area contributed by atoms with Gasteiger partial charge in [-0.05, 0) is 66.6 Å². The number of benzene rings is 2. The maximum absolute atomic E-state index is 12.8. The van der Waals surface area contributed by atoms with Crippen LogP contribution in [0.15, 0.2) is 61.2 Å². The molecule has 216 valence electrons. The molecule has 2 atom stereocenters. The number of hydrogen-bond acceptors (Lipinski definition) is 4. The Hall–Kier alpha value is -2.37. The lowest BCUT2D eigenvalue weighted by Gasteiger charge is -2.46. The highest BCUT2D eigenvalue weighted by atomic mass is 28.4. The van der Waals surface area contributed by atoms with Crippen molar-refractivity contribution >= 4 is 14.3 Å². The van der Waals surface area contributed by atoms with Gasteiger partial charge in [0.25, 0.3) is 0 Å². The molecule has 0 spiro atoms. The Bertz CT molecular complexity index is 1030. The molecular weight excluding hydrogens is 500 g/mol. The van der Waals surface area contributed by atoms with Crippen LogP contribution in [-0.2, 0) is 20.4 Å². The van der Waals surface area contributed by atoms with E-state index in [2.05, 4.69) is 90.6 Å². The van der Waals surface area contributed by atoms with E-state index in [1.807, 2.05) is 32.9 Å². The van der Waals surface area contributed by atoms with Crippen LogP contribution in [-0.4, -0.2) is 28.0 Å². The van der Waals surface area contributed by atoms with Crippen LogP contribution in [0.4, 0.5) is 0 Å². The Morgan fingerprint density at radius 3 is 2.03 bits per heavy atom. The van der Waals surface area contributed by atoms with E-state index in [-0.39, 0.29) is 24.6 Å². The summed E-state index contributed by atoms with van der Waals surface area (Å²) in [6, 6.07) is 16.9. The smallest absolute Gasteiger partial charge is 0.311 e. The van der Waals surface area contributed by atoms with Crippen molar-refractivity contribution < 1.29 is 18.7 Å². The molecule has 0 unspecified atom stereocenters. The van der Waals surface area contributed by atoms with E-state index < -0.39 is 13.7 Å². The molecule has 0 aliphatic carbocycles. The molecule has 0 saturated heterocycles. The number of ether oxygens (including phenoxy) is 2. The zero-order chi connectivity index (χ0) is 29.4. The molecule has 2 rings (SSSR count). The zero-order valence-corrected chi connectivity index (χ0v) is 27.0. The number of carbonyl (C=O) groups excluding carboxylic acids is 1. The van der Waals surface area contributed by atoms with Crippen molar-refractivity contribution in [2.75, 3.05) is 13.7 Å². The predicted octanol–water partition coefficient (Wildman–Crippen LogP) is 9.30. The van der Waals surface area contributed by atoms with Gasteiger partial charge >= 0.3 is 5.97 Å². The fraction of sp³-hybridized carbons (Fsp3) is 0.559. The SMILES string of the molecule is C=CC[C@@H](COC(=O)C(C)(C)C)[C@H](O[Si](C(C)C)(C(C)C)C(C)C)c1ccc(Cc2ccccc2)c(OC)c1. The van der Waals surface area contributed by atoms with Crippen LogP contribution in [0.25, 0.3) is 0 Å². The molecule has 0 saturated carbocycles. The minimum atomic E-state index is -2.28. The summed E-state index contributed by atoms with van der Waals surface area (Å²) >= 11 is 0. The summed E-state index contributed by atoms with van der Waals surface area (Å²) in [5, 5.41) is 0. The van der Waals surface area contributed by atoms with Crippen LogP contribution in [0.1, 0.15) is 91.5 Å². The maximum atomic E-state index is 12.8. The van der Waals surface area contributed by atoms with E-state index in [9.17, 15) is 4.79 Å². The molecule has 4 nitrogen and oxygen atoms in total. The lowest BCUT2D eigenvalue weighted by Crippen LogP contribution is -2.49. The fourth-order valence-electron chi connectivity index (χ4n) is 5.86. The van der Waals surface area contributed by atoms with E-state index in [1.54, 1.807) is 7.11 Å². The van der Waals surface area contributed by atoms with Gasteiger partial charge in [0.2, 0.25) is 8.32 Å². The normalized spacial score (nSPS) is 14.0. The first-order valence-electron chi connectivity index (χ1n) is 14.4. The van der Waals surface area contributed by atoms with Crippen molar-refractivity contribution in [2.45, 2.75) is 97.9 Å². The van der Waals surface area contributed by atoms with Gasteiger partial charge in [0.15, 0.2) is 0 Å². The molecule has 0 bridgehead atoms. The second-order valence-corrected chi connectivity index (χ2v) is 18.1. The molecule has 2 aromatic carbocycles. The summed E-state index contributed by atoms with van der Waals surface area (Å²) < 4.78 is 19.3. The Morgan fingerprint density at radius 1 is 0.949 bits per heavy atom. The molecule has 2 aromatic rings. The highest BCUT2D eigenvalue weighted by Gasteiger charge is 2.48. The highest BCUT2D eigenvalue weighted by molar-refractivity contribution is 6.77.